The summed E-state index contributed by atoms with van der Waals surface area (Å²) in [4.78, 5) is 5.04. The van der Waals surface area contributed by atoms with Gasteiger partial charge in [0, 0.05) is 30.1 Å². The van der Waals surface area contributed by atoms with Gasteiger partial charge in [-0.1, -0.05) is 0 Å². The smallest absolute Gasteiger partial charge is 0.0170 e. The molecule has 0 spiro atoms. The Morgan fingerprint density at radius 3 is 2.65 bits per heavy atom. The van der Waals surface area contributed by atoms with E-state index in [1.54, 1.807) is 0 Å². The van der Waals surface area contributed by atoms with E-state index < -0.39 is 0 Å². The van der Waals surface area contributed by atoms with Crippen molar-refractivity contribution >= 4 is 11.8 Å². The minimum atomic E-state index is 0.764. The van der Waals surface area contributed by atoms with Gasteiger partial charge in [-0.3, -0.25) is 0 Å². The molecule has 0 aliphatic carbocycles. The molecule has 0 amide bonds. The van der Waals surface area contributed by atoms with Gasteiger partial charge < -0.3 is 15.1 Å². The molecule has 1 unspecified atom stereocenters. The first kappa shape index (κ1) is 13.7. The lowest BCUT2D eigenvalue weighted by atomic mass is 10.0. The second-order valence-electron chi connectivity index (χ2n) is 5.55. The summed E-state index contributed by atoms with van der Waals surface area (Å²) in [6.07, 6.45) is 4.03. The van der Waals surface area contributed by atoms with Crippen LogP contribution in [-0.4, -0.2) is 73.7 Å². The summed E-state index contributed by atoms with van der Waals surface area (Å²) in [6, 6.07) is 1.58. The molecular weight excluding hydrogens is 230 g/mol. The number of hydrogen-bond acceptors (Lipinski definition) is 4. The molecule has 3 nitrogen and oxygen atoms in total. The van der Waals surface area contributed by atoms with Crippen molar-refractivity contribution in [2.24, 2.45) is 0 Å². The van der Waals surface area contributed by atoms with E-state index in [0.29, 0.717) is 0 Å². The Morgan fingerprint density at radius 2 is 2.06 bits per heavy atom. The van der Waals surface area contributed by atoms with Crippen molar-refractivity contribution in [1.29, 1.82) is 0 Å². The molecule has 2 aliphatic rings. The maximum atomic E-state index is 3.63. The molecule has 0 aromatic heterocycles. The van der Waals surface area contributed by atoms with Crippen molar-refractivity contribution in [3.8, 4) is 0 Å². The van der Waals surface area contributed by atoms with Crippen LogP contribution in [0.5, 0.6) is 0 Å². The first-order valence-electron chi connectivity index (χ1n) is 6.95. The molecular formula is C13H27N3S. The molecule has 2 aliphatic heterocycles. The maximum absolute atomic E-state index is 3.63. The number of likely N-dealkylation sites (tertiary alicyclic amines) is 1. The van der Waals surface area contributed by atoms with E-state index >= 15 is 0 Å². The molecule has 0 bridgehead atoms. The van der Waals surface area contributed by atoms with E-state index in [0.717, 1.165) is 12.1 Å². The molecule has 100 valence electrons. The number of nitrogens with zero attached hydrogens (tertiary/aromatic N) is 2. The normalized spacial score (nSPS) is 28.8. The van der Waals surface area contributed by atoms with Gasteiger partial charge in [-0.15, -0.1) is 0 Å². The zero-order chi connectivity index (χ0) is 12.1. The van der Waals surface area contributed by atoms with Gasteiger partial charge in [0.25, 0.3) is 0 Å². The Morgan fingerprint density at radius 1 is 1.29 bits per heavy atom. The molecule has 2 heterocycles. The highest BCUT2D eigenvalue weighted by Gasteiger charge is 2.21. The lowest BCUT2D eigenvalue weighted by molar-refractivity contribution is 0.141. The summed E-state index contributed by atoms with van der Waals surface area (Å²) in [6.45, 7) is 5.09. The van der Waals surface area contributed by atoms with Crippen LogP contribution in [0, 0.1) is 0 Å². The second-order valence-corrected chi connectivity index (χ2v) is 6.70. The van der Waals surface area contributed by atoms with Crippen LogP contribution in [0.25, 0.3) is 0 Å². The fourth-order valence-electron chi connectivity index (χ4n) is 2.80. The highest BCUT2D eigenvalue weighted by atomic mass is 32.2. The standard InChI is InChI=1S/C13H27N3S/c1-15(2)13-4-8-16(9-5-13)7-3-12-11-17-10-6-14-12/h12-14H,3-11H2,1-2H3. The number of piperidine rings is 1. The SMILES string of the molecule is CN(C)C1CCN(CCC2CSCCN2)CC1. The zero-order valence-electron chi connectivity index (χ0n) is 11.3. The third-order valence-corrected chi connectivity index (χ3v) is 5.21. The van der Waals surface area contributed by atoms with E-state index in [2.05, 4.69) is 41.0 Å². The number of thioether (sulfide) groups is 1. The molecule has 17 heavy (non-hydrogen) atoms. The van der Waals surface area contributed by atoms with E-state index in [1.807, 2.05) is 0 Å². The summed E-state index contributed by atoms with van der Waals surface area (Å²) in [5, 5.41) is 3.63. The lowest BCUT2D eigenvalue weighted by Gasteiger charge is -2.36. The first-order valence-corrected chi connectivity index (χ1v) is 8.11. The third kappa shape index (κ3) is 4.43. The van der Waals surface area contributed by atoms with Crippen molar-refractivity contribution in [2.75, 3.05) is 51.8 Å². The zero-order valence-corrected chi connectivity index (χ0v) is 12.1. The van der Waals surface area contributed by atoms with Gasteiger partial charge in [0.2, 0.25) is 0 Å². The third-order valence-electron chi connectivity index (χ3n) is 4.08. The van der Waals surface area contributed by atoms with Crippen LogP contribution in [0.4, 0.5) is 0 Å². The quantitative estimate of drug-likeness (QED) is 0.813. The predicted molar refractivity (Wildman–Crippen MR) is 76.9 cm³/mol. The Bertz CT molecular complexity index is 209. The second kappa shape index (κ2) is 6.98. The summed E-state index contributed by atoms with van der Waals surface area (Å²) >= 11 is 2.11. The molecule has 2 fully saturated rings. The van der Waals surface area contributed by atoms with E-state index in [-0.39, 0.29) is 0 Å². The molecule has 1 atom stereocenters. The van der Waals surface area contributed by atoms with Gasteiger partial charge in [0.15, 0.2) is 0 Å². The van der Waals surface area contributed by atoms with Crippen LogP contribution in [0.2, 0.25) is 0 Å². The monoisotopic (exact) mass is 257 g/mol. The molecule has 0 aromatic carbocycles. The van der Waals surface area contributed by atoms with Gasteiger partial charge in [-0.2, -0.15) is 11.8 Å². The summed E-state index contributed by atoms with van der Waals surface area (Å²) < 4.78 is 0. The van der Waals surface area contributed by atoms with Crippen LogP contribution in [0.15, 0.2) is 0 Å². The lowest BCUT2D eigenvalue weighted by Crippen LogP contribution is -2.44. The van der Waals surface area contributed by atoms with Gasteiger partial charge in [-0.05, 0) is 53.0 Å². The van der Waals surface area contributed by atoms with Gasteiger partial charge >= 0.3 is 0 Å². The highest BCUT2D eigenvalue weighted by Crippen LogP contribution is 2.16. The fraction of sp³-hybridized carbons (Fsp3) is 1.00. The van der Waals surface area contributed by atoms with Gasteiger partial charge in [0.1, 0.15) is 0 Å². The van der Waals surface area contributed by atoms with E-state index in [9.17, 15) is 0 Å². The number of rotatable bonds is 4. The van der Waals surface area contributed by atoms with Gasteiger partial charge in [0.05, 0.1) is 0 Å². The number of nitrogens with one attached hydrogen (secondary N) is 1. The van der Waals surface area contributed by atoms with Crippen LogP contribution in [0.3, 0.4) is 0 Å². The molecule has 0 aromatic rings. The Hall–Kier alpha value is 0.230. The Balaban J connectivity index is 1.61. The Kier molecular flexibility index (Phi) is 5.60. The van der Waals surface area contributed by atoms with Crippen molar-refractivity contribution < 1.29 is 0 Å². The molecule has 4 heteroatoms. The van der Waals surface area contributed by atoms with Crippen LogP contribution in [0.1, 0.15) is 19.3 Å². The van der Waals surface area contributed by atoms with Crippen LogP contribution < -0.4 is 5.32 Å². The minimum absolute atomic E-state index is 0.764. The van der Waals surface area contributed by atoms with Crippen molar-refractivity contribution in [1.82, 2.24) is 15.1 Å². The average Bonchev–Trinajstić information content (AvgIpc) is 2.38. The summed E-state index contributed by atoms with van der Waals surface area (Å²) in [7, 11) is 4.42. The molecule has 2 saturated heterocycles. The Labute approximate surface area is 110 Å². The fourth-order valence-corrected chi connectivity index (χ4v) is 3.80. The molecule has 1 N–H and O–H groups in total. The van der Waals surface area contributed by atoms with E-state index in [4.69, 9.17) is 0 Å². The summed E-state index contributed by atoms with van der Waals surface area (Å²) in [5.41, 5.74) is 0. The molecule has 2 rings (SSSR count). The number of hydrogen-bond donors (Lipinski definition) is 1. The van der Waals surface area contributed by atoms with Gasteiger partial charge in [-0.25, -0.2) is 0 Å². The van der Waals surface area contributed by atoms with Crippen molar-refractivity contribution in [3.63, 3.8) is 0 Å². The van der Waals surface area contributed by atoms with Crippen molar-refractivity contribution in [2.45, 2.75) is 31.3 Å². The first-order chi connectivity index (χ1) is 8.25. The van der Waals surface area contributed by atoms with Crippen LogP contribution in [-0.2, 0) is 0 Å². The minimum Gasteiger partial charge on any atom is -0.312 e. The average molecular weight is 257 g/mol. The molecule has 0 radical (unpaired) electrons. The van der Waals surface area contributed by atoms with Crippen LogP contribution >= 0.6 is 11.8 Å². The maximum Gasteiger partial charge on any atom is 0.0170 e. The summed E-state index contributed by atoms with van der Waals surface area (Å²) in [5.74, 6) is 2.61. The largest absolute Gasteiger partial charge is 0.312 e. The molecule has 0 saturated carbocycles. The topological polar surface area (TPSA) is 18.5 Å². The highest BCUT2D eigenvalue weighted by molar-refractivity contribution is 7.99. The van der Waals surface area contributed by atoms with Crippen molar-refractivity contribution in [3.05, 3.63) is 0 Å². The predicted octanol–water partition coefficient (Wildman–Crippen LogP) is 1.11. The van der Waals surface area contributed by atoms with E-state index in [1.165, 1.54) is 56.9 Å².